The minimum atomic E-state index is 0.484. The number of rotatable bonds is 4. The summed E-state index contributed by atoms with van der Waals surface area (Å²) in [5, 5.41) is 0. The van der Waals surface area contributed by atoms with Gasteiger partial charge in [0.2, 0.25) is 5.78 Å². The molecule has 0 bridgehead atoms. The monoisotopic (exact) mass is 219 g/mol. The molecule has 86 valence electrons. The van der Waals surface area contributed by atoms with Crippen molar-refractivity contribution in [1.82, 2.24) is 14.4 Å². The Hall–Kier alpha value is -1.58. The smallest absolute Gasteiger partial charge is 0.234 e. The maximum atomic E-state index is 5.13. The number of fused-ring (bicyclic) bond motifs is 1. The van der Waals surface area contributed by atoms with Crippen LogP contribution in [0.4, 0.5) is 0 Å². The van der Waals surface area contributed by atoms with Crippen LogP contribution in [0.1, 0.15) is 38.3 Å². The van der Waals surface area contributed by atoms with E-state index in [0.717, 1.165) is 23.6 Å². The van der Waals surface area contributed by atoms with E-state index in [1.54, 1.807) is 13.3 Å². The van der Waals surface area contributed by atoms with Crippen LogP contribution in [-0.2, 0) is 0 Å². The molecule has 2 aromatic rings. The van der Waals surface area contributed by atoms with Gasteiger partial charge in [-0.25, -0.2) is 9.97 Å². The number of nitrogens with zero attached hydrogens (tertiary/aromatic N) is 3. The van der Waals surface area contributed by atoms with Gasteiger partial charge in [0.15, 0.2) is 5.75 Å². The molecule has 0 fully saturated rings. The number of ether oxygens (including phenoxy) is 1. The Bertz CT molecular complexity index is 478. The van der Waals surface area contributed by atoms with Crippen LogP contribution in [0.15, 0.2) is 18.6 Å². The third-order valence-corrected chi connectivity index (χ3v) is 2.77. The van der Waals surface area contributed by atoms with Gasteiger partial charge in [0.25, 0.3) is 0 Å². The zero-order valence-corrected chi connectivity index (χ0v) is 9.97. The lowest BCUT2D eigenvalue weighted by Gasteiger charge is -2.04. The maximum absolute atomic E-state index is 5.13. The van der Waals surface area contributed by atoms with Crippen LogP contribution < -0.4 is 4.74 Å². The molecule has 4 heteroatoms. The van der Waals surface area contributed by atoms with E-state index < -0.39 is 0 Å². The van der Waals surface area contributed by atoms with Crippen molar-refractivity contribution in [2.75, 3.05) is 7.11 Å². The van der Waals surface area contributed by atoms with E-state index in [-0.39, 0.29) is 0 Å². The lowest BCUT2D eigenvalue weighted by molar-refractivity contribution is 0.410. The van der Waals surface area contributed by atoms with E-state index in [4.69, 9.17) is 4.74 Å². The number of hydrogen-bond donors (Lipinski definition) is 0. The van der Waals surface area contributed by atoms with Crippen LogP contribution in [0, 0.1) is 0 Å². The lowest BCUT2D eigenvalue weighted by Crippen LogP contribution is -1.92. The van der Waals surface area contributed by atoms with Gasteiger partial charge in [0.1, 0.15) is 0 Å². The summed E-state index contributed by atoms with van der Waals surface area (Å²) in [6.07, 6.45) is 7.95. The van der Waals surface area contributed by atoms with Crippen LogP contribution in [0.25, 0.3) is 5.78 Å². The van der Waals surface area contributed by atoms with Gasteiger partial charge in [-0.15, -0.1) is 0 Å². The zero-order valence-electron chi connectivity index (χ0n) is 9.97. The molecule has 2 rings (SSSR count). The Morgan fingerprint density at radius 3 is 2.94 bits per heavy atom. The summed E-state index contributed by atoms with van der Waals surface area (Å²) < 4.78 is 7.05. The van der Waals surface area contributed by atoms with Gasteiger partial charge in [-0.2, -0.15) is 0 Å². The Morgan fingerprint density at radius 2 is 2.25 bits per heavy atom. The van der Waals surface area contributed by atoms with Crippen molar-refractivity contribution in [2.24, 2.45) is 0 Å². The van der Waals surface area contributed by atoms with Gasteiger partial charge in [-0.1, -0.05) is 20.3 Å². The zero-order chi connectivity index (χ0) is 11.5. The van der Waals surface area contributed by atoms with Crippen molar-refractivity contribution in [2.45, 2.75) is 32.6 Å². The van der Waals surface area contributed by atoms with Crippen molar-refractivity contribution in [3.63, 3.8) is 0 Å². The molecule has 0 saturated heterocycles. The molecule has 0 amide bonds. The number of imidazole rings is 1. The fraction of sp³-hybridized carbons (Fsp3) is 0.500. The van der Waals surface area contributed by atoms with Crippen molar-refractivity contribution in [3.8, 4) is 5.75 Å². The summed E-state index contributed by atoms with van der Waals surface area (Å²) in [4.78, 5) is 8.74. The third-order valence-electron chi connectivity index (χ3n) is 2.77. The summed E-state index contributed by atoms with van der Waals surface area (Å²) in [6.45, 7) is 4.39. The molecule has 2 heterocycles. The van der Waals surface area contributed by atoms with Gasteiger partial charge in [0, 0.05) is 6.20 Å². The fourth-order valence-corrected chi connectivity index (χ4v) is 1.81. The largest absolute Gasteiger partial charge is 0.494 e. The van der Waals surface area contributed by atoms with E-state index in [1.807, 2.05) is 16.8 Å². The molecule has 0 aliphatic heterocycles. The van der Waals surface area contributed by atoms with Crippen LogP contribution in [0.5, 0.6) is 5.75 Å². The summed E-state index contributed by atoms with van der Waals surface area (Å²) in [6, 6.07) is 0. The summed E-state index contributed by atoms with van der Waals surface area (Å²) in [7, 11) is 1.64. The summed E-state index contributed by atoms with van der Waals surface area (Å²) in [5.41, 5.74) is 1.10. The Kier molecular flexibility index (Phi) is 3.08. The number of aromatic nitrogens is 3. The molecule has 2 aromatic heterocycles. The van der Waals surface area contributed by atoms with E-state index in [2.05, 4.69) is 23.8 Å². The van der Waals surface area contributed by atoms with E-state index >= 15 is 0 Å². The first-order valence-electron chi connectivity index (χ1n) is 5.63. The molecule has 16 heavy (non-hydrogen) atoms. The lowest BCUT2D eigenvalue weighted by atomic mass is 10.0. The number of methoxy groups -OCH3 is 1. The maximum Gasteiger partial charge on any atom is 0.234 e. The molecular weight excluding hydrogens is 202 g/mol. The minimum absolute atomic E-state index is 0.484. The van der Waals surface area contributed by atoms with Gasteiger partial charge in [0.05, 0.1) is 25.2 Å². The summed E-state index contributed by atoms with van der Waals surface area (Å²) >= 11 is 0. The average Bonchev–Trinajstić information content (AvgIpc) is 2.71. The Morgan fingerprint density at radius 1 is 1.44 bits per heavy atom. The first kappa shape index (κ1) is 10.9. The summed E-state index contributed by atoms with van der Waals surface area (Å²) in [5.74, 6) is 1.97. The molecule has 0 aliphatic carbocycles. The van der Waals surface area contributed by atoms with E-state index in [1.165, 1.54) is 6.42 Å². The van der Waals surface area contributed by atoms with Gasteiger partial charge in [-0.05, 0) is 12.3 Å². The highest BCUT2D eigenvalue weighted by atomic mass is 16.5. The minimum Gasteiger partial charge on any atom is -0.494 e. The quantitative estimate of drug-likeness (QED) is 0.793. The molecule has 0 aromatic carbocycles. The molecule has 0 spiro atoms. The number of hydrogen-bond acceptors (Lipinski definition) is 3. The SMILES string of the molecule is CCC[C@H](C)c1cn2cc(OC)cnc2n1. The van der Waals surface area contributed by atoms with Crippen LogP contribution in [0.3, 0.4) is 0 Å². The van der Waals surface area contributed by atoms with Crippen LogP contribution in [0.2, 0.25) is 0 Å². The highest BCUT2D eigenvalue weighted by Crippen LogP contribution is 2.20. The molecule has 0 unspecified atom stereocenters. The average molecular weight is 219 g/mol. The van der Waals surface area contributed by atoms with Crippen molar-refractivity contribution in [1.29, 1.82) is 0 Å². The Balaban J connectivity index is 2.35. The highest BCUT2D eigenvalue weighted by molar-refractivity contribution is 5.34. The van der Waals surface area contributed by atoms with Crippen LogP contribution >= 0.6 is 0 Å². The van der Waals surface area contributed by atoms with Gasteiger partial charge in [-0.3, -0.25) is 4.40 Å². The topological polar surface area (TPSA) is 39.4 Å². The highest BCUT2D eigenvalue weighted by Gasteiger charge is 2.10. The van der Waals surface area contributed by atoms with Gasteiger partial charge >= 0.3 is 0 Å². The first-order valence-corrected chi connectivity index (χ1v) is 5.63. The standard InChI is InChI=1S/C12H17N3O/c1-4-5-9(2)11-8-15-7-10(16-3)6-13-12(15)14-11/h6-9H,4-5H2,1-3H3/t9-/m0/s1. The molecule has 0 saturated carbocycles. The second-order valence-electron chi connectivity index (χ2n) is 4.06. The fourth-order valence-electron chi connectivity index (χ4n) is 1.81. The predicted molar refractivity (Wildman–Crippen MR) is 62.9 cm³/mol. The molecular formula is C12H17N3O. The van der Waals surface area contributed by atoms with Crippen molar-refractivity contribution >= 4 is 5.78 Å². The first-order chi connectivity index (χ1) is 7.74. The van der Waals surface area contributed by atoms with E-state index in [9.17, 15) is 0 Å². The molecule has 4 nitrogen and oxygen atoms in total. The molecule has 0 aliphatic rings. The normalized spacial score (nSPS) is 12.9. The second kappa shape index (κ2) is 4.51. The third kappa shape index (κ3) is 2.01. The second-order valence-corrected chi connectivity index (χ2v) is 4.06. The van der Waals surface area contributed by atoms with E-state index in [0.29, 0.717) is 5.92 Å². The molecule has 0 radical (unpaired) electrons. The molecule has 1 atom stereocenters. The van der Waals surface area contributed by atoms with Gasteiger partial charge < -0.3 is 4.74 Å². The van der Waals surface area contributed by atoms with Crippen LogP contribution in [-0.4, -0.2) is 21.5 Å². The predicted octanol–water partition coefficient (Wildman–Crippen LogP) is 2.64. The van der Waals surface area contributed by atoms with Crippen molar-refractivity contribution < 1.29 is 4.74 Å². The molecule has 0 N–H and O–H groups in total. The van der Waals surface area contributed by atoms with Crippen molar-refractivity contribution in [3.05, 3.63) is 24.3 Å². The Labute approximate surface area is 95.3 Å².